The Morgan fingerprint density at radius 3 is 2.46 bits per heavy atom. The summed E-state index contributed by atoms with van der Waals surface area (Å²) < 4.78 is 5.76. The zero-order valence-corrected chi connectivity index (χ0v) is 16.2. The molecule has 1 aliphatic rings. The van der Waals surface area contributed by atoms with Crippen molar-refractivity contribution in [1.29, 1.82) is 0 Å². The molecule has 24 heavy (non-hydrogen) atoms. The molecule has 1 saturated carbocycles. The lowest BCUT2D eigenvalue weighted by Gasteiger charge is -2.20. The quantitative estimate of drug-likeness (QED) is 0.734. The number of hydrogen-bond acceptors (Lipinski definition) is 3. The van der Waals surface area contributed by atoms with Gasteiger partial charge in [0.1, 0.15) is 5.75 Å². The Morgan fingerprint density at radius 1 is 1.25 bits per heavy atom. The van der Waals surface area contributed by atoms with Crippen LogP contribution in [-0.2, 0) is 10.2 Å². The molecule has 0 bridgehead atoms. The van der Waals surface area contributed by atoms with Crippen LogP contribution in [0.3, 0.4) is 0 Å². The van der Waals surface area contributed by atoms with Crippen LogP contribution in [0.25, 0.3) is 0 Å². The maximum Gasteiger partial charge on any atom is 0.260 e. The monoisotopic (exact) mass is 349 g/mol. The Hall–Kier alpha value is -1.16. The van der Waals surface area contributed by atoms with Gasteiger partial charge in [-0.1, -0.05) is 45.7 Å². The van der Waals surface area contributed by atoms with Crippen LogP contribution < -0.4 is 10.1 Å². The van der Waals surface area contributed by atoms with E-state index in [1.807, 2.05) is 23.9 Å². The number of amides is 1. The summed E-state index contributed by atoms with van der Waals surface area (Å²) in [6.07, 6.45) is 4.93. The molecule has 0 aliphatic heterocycles. The predicted octanol–water partition coefficient (Wildman–Crippen LogP) is 4.54. The summed E-state index contributed by atoms with van der Waals surface area (Å²) in [4.78, 5) is 12.1. The Morgan fingerprint density at radius 2 is 1.88 bits per heavy atom. The van der Waals surface area contributed by atoms with E-state index >= 15 is 0 Å². The number of carbonyl (C=O) groups excluding carboxylic acids is 1. The van der Waals surface area contributed by atoms with E-state index in [4.69, 9.17) is 4.74 Å². The molecule has 1 aromatic rings. The highest BCUT2D eigenvalue weighted by Gasteiger charge is 2.17. The molecule has 1 aromatic carbocycles. The molecule has 4 heteroatoms. The normalized spacial score (nSPS) is 16.8. The third kappa shape index (κ3) is 6.04. The van der Waals surface area contributed by atoms with E-state index in [0.29, 0.717) is 0 Å². The van der Waals surface area contributed by atoms with Crippen LogP contribution >= 0.6 is 11.8 Å². The molecule has 0 spiro atoms. The fourth-order valence-electron chi connectivity index (χ4n) is 2.89. The number of carbonyl (C=O) groups is 1. The molecule has 1 atom stereocenters. The summed E-state index contributed by atoms with van der Waals surface area (Å²) in [7, 11) is 0. The van der Waals surface area contributed by atoms with Crippen LogP contribution in [0, 0.1) is 0 Å². The molecule has 0 saturated heterocycles. The van der Waals surface area contributed by atoms with Crippen molar-refractivity contribution in [2.24, 2.45) is 0 Å². The molecule has 3 nitrogen and oxygen atoms in total. The van der Waals surface area contributed by atoms with Crippen LogP contribution in [0.2, 0.25) is 0 Å². The number of thioether (sulfide) groups is 1. The van der Waals surface area contributed by atoms with Crippen molar-refractivity contribution < 1.29 is 9.53 Å². The zero-order valence-electron chi connectivity index (χ0n) is 15.4. The number of hydrogen-bond donors (Lipinski definition) is 1. The smallest absolute Gasteiger partial charge is 0.260 e. The highest BCUT2D eigenvalue weighted by molar-refractivity contribution is 7.99. The summed E-state index contributed by atoms with van der Waals surface area (Å²) in [5.41, 5.74) is 1.38. The van der Waals surface area contributed by atoms with Gasteiger partial charge in [-0.2, -0.15) is 11.8 Å². The lowest BCUT2D eigenvalue weighted by atomic mass is 9.87. The first-order chi connectivity index (χ1) is 11.4. The molecule has 0 heterocycles. The Labute approximate surface area is 150 Å². The number of benzene rings is 1. The van der Waals surface area contributed by atoms with Gasteiger partial charge in [-0.3, -0.25) is 4.79 Å². The van der Waals surface area contributed by atoms with Crippen LogP contribution in [0.1, 0.15) is 58.9 Å². The van der Waals surface area contributed by atoms with Crippen molar-refractivity contribution in [1.82, 2.24) is 5.32 Å². The second-order valence-corrected chi connectivity index (χ2v) is 9.01. The summed E-state index contributed by atoms with van der Waals surface area (Å²) in [6.45, 7) is 9.07. The highest BCUT2D eigenvalue weighted by atomic mass is 32.2. The molecule has 2 rings (SSSR count). The fourth-order valence-corrected chi connectivity index (χ4v) is 4.11. The van der Waals surface area contributed by atoms with Gasteiger partial charge >= 0.3 is 0 Å². The minimum atomic E-state index is -0.470. The van der Waals surface area contributed by atoms with Gasteiger partial charge in [0.2, 0.25) is 0 Å². The van der Waals surface area contributed by atoms with E-state index < -0.39 is 6.10 Å². The number of rotatable bonds is 7. The fraction of sp³-hybridized carbons (Fsp3) is 0.650. The lowest BCUT2D eigenvalue weighted by molar-refractivity contribution is -0.127. The van der Waals surface area contributed by atoms with Gasteiger partial charge in [-0.05, 0) is 42.9 Å². The molecular formula is C20H31NO2S. The SMILES string of the molecule is CC(Oc1ccc(C(C)(C)C)cc1)C(=O)NCCSC1CCCC1. The standard InChI is InChI=1S/C20H31NO2S/c1-15(19(22)21-13-14-24-18-7-5-6-8-18)23-17-11-9-16(10-12-17)20(2,3)4/h9-12,15,18H,5-8,13-14H2,1-4H3,(H,21,22). The van der Waals surface area contributed by atoms with Crippen LogP contribution in [0.15, 0.2) is 24.3 Å². The largest absolute Gasteiger partial charge is 0.481 e. The van der Waals surface area contributed by atoms with E-state index in [0.717, 1.165) is 23.3 Å². The summed E-state index contributed by atoms with van der Waals surface area (Å²) in [5, 5.41) is 3.78. The molecule has 0 aromatic heterocycles. The molecule has 1 fully saturated rings. The van der Waals surface area contributed by atoms with Crippen molar-refractivity contribution in [3.05, 3.63) is 29.8 Å². The van der Waals surface area contributed by atoms with Gasteiger partial charge in [0.05, 0.1) is 0 Å². The number of nitrogens with one attached hydrogen (secondary N) is 1. The van der Waals surface area contributed by atoms with E-state index in [1.54, 1.807) is 6.92 Å². The van der Waals surface area contributed by atoms with Gasteiger partial charge in [0.15, 0.2) is 6.10 Å². The molecule has 134 valence electrons. The maximum absolute atomic E-state index is 12.1. The highest BCUT2D eigenvalue weighted by Crippen LogP contribution is 2.29. The minimum absolute atomic E-state index is 0.0399. The summed E-state index contributed by atoms with van der Waals surface area (Å²) in [6, 6.07) is 8.02. The average molecular weight is 350 g/mol. The first-order valence-electron chi connectivity index (χ1n) is 9.03. The number of ether oxygens (including phenoxy) is 1. The molecular weight excluding hydrogens is 318 g/mol. The molecule has 0 radical (unpaired) electrons. The van der Waals surface area contributed by atoms with Gasteiger partial charge in [-0.25, -0.2) is 0 Å². The second kappa shape index (κ2) is 8.80. The summed E-state index contributed by atoms with van der Waals surface area (Å²) >= 11 is 1.99. The molecule has 1 aliphatic carbocycles. The van der Waals surface area contributed by atoms with E-state index in [-0.39, 0.29) is 11.3 Å². The van der Waals surface area contributed by atoms with E-state index in [9.17, 15) is 4.79 Å². The maximum atomic E-state index is 12.1. The van der Waals surface area contributed by atoms with Gasteiger partial charge in [-0.15, -0.1) is 0 Å². The Kier molecular flexibility index (Phi) is 7.02. The van der Waals surface area contributed by atoms with Crippen LogP contribution in [-0.4, -0.2) is 29.6 Å². The first kappa shape index (κ1) is 19.2. The van der Waals surface area contributed by atoms with Crippen molar-refractivity contribution in [2.45, 2.75) is 70.1 Å². The topological polar surface area (TPSA) is 38.3 Å². The Balaban J connectivity index is 1.70. The molecule has 1 amide bonds. The first-order valence-corrected chi connectivity index (χ1v) is 10.1. The zero-order chi connectivity index (χ0) is 17.6. The third-order valence-corrected chi connectivity index (χ3v) is 5.84. The van der Waals surface area contributed by atoms with Crippen LogP contribution in [0.4, 0.5) is 0 Å². The molecule has 1 N–H and O–H groups in total. The lowest BCUT2D eigenvalue weighted by Crippen LogP contribution is -2.37. The van der Waals surface area contributed by atoms with Gasteiger partial charge in [0, 0.05) is 17.5 Å². The van der Waals surface area contributed by atoms with Crippen molar-refractivity contribution in [3.8, 4) is 5.75 Å². The van der Waals surface area contributed by atoms with Crippen molar-refractivity contribution in [3.63, 3.8) is 0 Å². The minimum Gasteiger partial charge on any atom is -0.481 e. The van der Waals surface area contributed by atoms with Crippen molar-refractivity contribution in [2.75, 3.05) is 12.3 Å². The predicted molar refractivity (Wildman–Crippen MR) is 103 cm³/mol. The average Bonchev–Trinajstić information content (AvgIpc) is 3.04. The van der Waals surface area contributed by atoms with E-state index in [2.05, 4.69) is 38.2 Å². The second-order valence-electron chi connectivity index (χ2n) is 7.60. The van der Waals surface area contributed by atoms with Gasteiger partial charge < -0.3 is 10.1 Å². The summed E-state index contributed by atoms with van der Waals surface area (Å²) in [5.74, 6) is 1.69. The van der Waals surface area contributed by atoms with Gasteiger partial charge in [0.25, 0.3) is 5.91 Å². The Bertz CT molecular complexity index is 515. The van der Waals surface area contributed by atoms with E-state index in [1.165, 1.54) is 31.2 Å². The van der Waals surface area contributed by atoms with Crippen molar-refractivity contribution >= 4 is 17.7 Å². The molecule has 1 unspecified atom stereocenters. The van der Waals surface area contributed by atoms with Crippen LogP contribution in [0.5, 0.6) is 5.75 Å². The third-order valence-electron chi connectivity index (χ3n) is 4.46.